The van der Waals surface area contributed by atoms with Crippen molar-refractivity contribution < 1.29 is 18.4 Å². The normalized spacial score (nSPS) is 11.8. The van der Waals surface area contributed by atoms with Crippen molar-refractivity contribution in [2.45, 2.75) is 39.0 Å². The summed E-state index contributed by atoms with van der Waals surface area (Å²) in [5.74, 6) is -2.40. The van der Waals surface area contributed by atoms with Crippen molar-refractivity contribution in [2.24, 2.45) is 5.73 Å². The summed E-state index contributed by atoms with van der Waals surface area (Å²) in [6, 6.07) is 3.39. The van der Waals surface area contributed by atoms with Gasteiger partial charge >= 0.3 is 0 Å². The SMILES string of the molecule is CC(F)(F)c1cc(Cl)cc(C(N)=O)c1.CC[C@H](C)c1ncnn1-c1cnc(C(=O)NC)cn1. The summed E-state index contributed by atoms with van der Waals surface area (Å²) in [4.78, 5) is 34.7. The Kier molecular flexibility index (Phi) is 8.52. The number of hydrogen-bond acceptors (Lipinski definition) is 6. The standard InChI is InChI=1S/C12H16N6O.C9H8ClF2NO/c1-4-8(2)11-16-7-17-18(11)10-6-14-9(5-15-10)12(19)13-3;1-9(11,12)6-2-5(8(13)14)3-7(10)4-6/h5-8H,4H2,1-3H3,(H,13,19);2-4H,1H3,(H2,13,14)/t8-;/m0./s1. The lowest BCUT2D eigenvalue weighted by Crippen LogP contribution is -2.20. The molecule has 1 atom stereocenters. The van der Waals surface area contributed by atoms with Gasteiger partial charge in [0.25, 0.3) is 11.8 Å². The molecule has 12 heteroatoms. The van der Waals surface area contributed by atoms with E-state index in [0.29, 0.717) is 5.82 Å². The molecular weight excluding hydrogens is 456 g/mol. The zero-order valence-corrected chi connectivity index (χ0v) is 19.3. The number of nitrogens with one attached hydrogen (secondary N) is 1. The molecule has 9 nitrogen and oxygen atoms in total. The smallest absolute Gasteiger partial charge is 0.271 e. The molecule has 0 saturated heterocycles. The second-order valence-corrected chi connectivity index (χ2v) is 7.60. The maximum absolute atomic E-state index is 12.9. The monoisotopic (exact) mass is 479 g/mol. The van der Waals surface area contributed by atoms with Crippen LogP contribution in [0.4, 0.5) is 8.78 Å². The van der Waals surface area contributed by atoms with E-state index in [4.69, 9.17) is 17.3 Å². The van der Waals surface area contributed by atoms with E-state index in [0.717, 1.165) is 31.3 Å². The fraction of sp³-hybridized carbons (Fsp3) is 0.333. The van der Waals surface area contributed by atoms with Gasteiger partial charge in [-0.05, 0) is 24.6 Å². The molecule has 0 saturated carbocycles. The van der Waals surface area contributed by atoms with Gasteiger partial charge in [0, 0.05) is 36.0 Å². The van der Waals surface area contributed by atoms with Crippen LogP contribution in [0.3, 0.4) is 0 Å². The molecule has 2 amide bonds. The fourth-order valence-corrected chi connectivity index (χ4v) is 2.84. The van der Waals surface area contributed by atoms with E-state index in [1.54, 1.807) is 11.7 Å². The highest BCUT2D eigenvalue weighted by atomic mass is 35.5. The molecule has 176 valence electrons. The van der Waals surface area contributed by atoms with Gasteiger partial charge in [0.1, 0.15) is 17.8 Å². The van der Waals surface area contributed by atoms with Gasteiger partial charge in [-0.15, -0.1) is 0 Å². The minimum atomic E-state index is -3.03. The molecule has 3 aromatic rings. The first kappa shape index (κ1) is 25.8. The molecule has 1 aromatic carbocycles. The molecule has 0 spiro atoms. The molecule has 0 unspecified atom stereocenters. The van der Waals surface area contributed by atoms with Crippen LogP contribution in [0.1, 0.15) is 65.3 Å². The lowest BCUT2D eigenvalue weighted by molar-refractivity contribution is 0.0174. The van der Waals surface area contributed by atoms with Crippen LogP contribution in [0, 0.1) is 0 Å². The molecule has 0 fully saturated rings. The summed E-state index contributed by atoms with van der Waals surface area (Å²) in [5.41, 5.74) is 4.89. The van der Waals surface area contributed by atoms with Gasteiger partial charge in [-0.2, -0.15) is 9.78 Å². The van der Waals surface area contributed by atoms with Crippen LogP contribution in [0.25, 0.3) is 5.82 Å². The highest BCUT2D eigenvalue weighted by Crippen LogP contribution is 2.29. The van der Waals surface area contributed by atoms with Crippen molar-refractivity contribution >= 4 is 23.4 Å². The third-order valence-corrected chi connectivity index (χ3v) is 4.85. The second-order valence-electron chi connectivity index (χ2n) is 7.16. The number of primary amides is 1. The maximum Gasteiger partial charge on any atom is 0.271 e. The third-order valence-electron chi connectivity index (χ3n) is 4.63. The van der Waals surface area contributed by atoms with Crippen LogP contribution in [-0.4, -0.2) is 43.6 Å². The number of carbonyl (C=O) groups excluding carboxylic acids is 2. The second kappa shape index (κ2) is 10.9. The maximum atomic E-state index is 12.9. The van der Waals surface area contributed by atoms with Crippen molar-refractivity contribution in [1.29, 1.82) is 0 Å². The molecular formula is C21H24ClF2N7O2. The first-order chi connectivity index (χ1) is 15.5. The quantitative estimate of drug-likeness (QED) is 0.557. The minimum absolute atomic E-state index is 0.0194. The predicted octanol–water partition coefficient (Wildman–Crippen LogP) is 3.48. The Morgan fingerprint density at radius 2 is 1.91 bits per heavy atom. The fourth-order valence-electron chi connectivity index (χ4n) is 2.61. The summed E-state index contributed by atoms with van der Waals surface area (Å²) < 4.78 is 27.4. The predicted molar refractivity (Wildman–Crippen MR) is 119 cm³/mol. The summed E-state index contributed by atoms with van der Waals surface area (Å²) in [7, 11) is 1.55. The number of nitrogens with zero attached hydrogens (tertiary/aromatic N) is 5. The first-order valence-electron chi connectivity index (χ1n) is 9.91. The average Bonchev–Trinajstić information content (AvgIpc) is 3.27. The van der Waals surface area contributed by atoms with Crippen molar-refractivity contribution in [3.63, 3.8) is 0 Å². The summed E-state index contributed by atoms with van der Waals surface area (Å²) >= 11 is 5.56. The molecule has 3 rings (SSSR count). The van der Waals surface area contributed by atoms with Crippen LogP contribution in [0.2, 0.25) is 5.02 Å². The van der Waals surface area contributed by atoms with E-state index in [2.05, 4.69) is 39.2 Å². The van der Waals surface area contributed by atoms with Crippen LogP contribution < -0.4 is 11.1 Å². The number of rotatable bonds is 6. The summed E-state index contributed by atoms with van der Waals surface area (Å²) in [5, 5.41) is 6.72. The Balaban J connectivity index is 0.000000245. The Morgan fingerprint density at radius 1 is 1.21 bits per heavy atom. The van der Waals surface area contributed by atoms with E-state index in [9.17, 15) is 18.4 Å². The van der Waals surface area contributed by atoms with E-state index in [1.807, 2.05) is 0 Å². The van der Waals surface area contributed by atoms with Crippen molar-refractivity contribution in [2.75, 3.05) is 7.05 Å². The van der Waals surface area contributed by atoms with Gasteiger partial charge in [-0.1, -0.05) is 25.4 Å². The van der Waals surface area contributed by atoms with Gasteiger partial charge in [0.05, 0.1) is 12.4 Å². The molecule has 2 aromatic heterocycles. The minimum Gasteiger partial charge on any atom is -0.366 e. The third kappa shape index (κ3) is 6.75. The van der Waals surface area contributed by atoms with Gasteiger partial charge < -0.3 is 11.1 Å². The van der Waals surface area contributed by atoms with Crippen LogP contribution in [-0.2, 0) is 5.92 Å². The zero-order chi connectivity index (χ0) is 24.8. The topological polar surface area (TPSA) is 129 Å². The number of amides is 2. The van der Waals surface area contributed by atoms with E-state index in [1.165, 1.54) is 24.8 Å². The Morgan fingerprint density at radius 3 is 2.42 bits per heavy atom. The zero-order valence-electron chi connectivity index (χ0n) is 18.5. The molecule has 3 N–H and O–H groups in total. The van der Waals surface area contributed by atoms with Crippen LogP contribution in [0.5, 0.6) is 0 Å². The average molecular weight is 480 g/mol. The molecule has 2 heterocycles. The number of benzene rings is 1. The molecule has 33 heavy (non-hydrogen) atoms. The Hall–Kier alpha value is -3.47. The number of aromatic nitrogens is 5. The lowest BCUT2D eigenvalue weighted by atomic mass is 10.1. The molecule has 0 aliphatic rings. The Labute approximate surface area is 194 Å². The van der Waals surface area contributed by atoms with Crippen molar-refractivity contribution in [1.82, 2.24) is 30.0 Å². The molecule has 0 bridgehead atoms. The summed E-state index contributed by atoms with van der Waals surface area (Å²) in [6.45, 7) is 4.89. The van der Waals surface area contributed by atoms with Crippen molar-refractivity contribution in [3.8, 4) is 5.82 Å². The molecule has 0 radical (unpaired) electrons. The number of nitrogens with two attached hydrogens (primary N) is 1. The largest absolute Gasteiger partial charge is 0.366 e. The van der Waals surface area contributed by atoms with Crippen LogP contribution >= 0.6 is 11.6 Å². The number of alkyl halides is 2. The van der Waals surface area contributed by atoms with Crippen LogP contribution in [0.15, 0.2) is 36.9 Å². The van der Waals surface area contributed by atoms with Gasteiger partial charge in [0.2, 0.25) is 5.91 Å². The number of hydrogen-bond donors (Lipinski definition) is 2. The van der Waals surface area contributed by atoms with Gasteiger partial charge in [0.15, 0.2) is 5.82 Å². The summed E-state index contributed by atoms with van der Waals surface area (Å²) in [6.07, 6.45) is 5.40. The highest BCUT2D eigenvalue weighted by molar-refractivity contribution is 6.31. The van der Waals surface area contributed by atoms with Crippen molar-refractivity contribution in [3.05, 3.63) is 64.6 Å². The molecule has 0 aliphatic carbocycles. The van der Waals surface area contributed by atoms with Gasteiger partial charge in [-0.3, -0.25) is 9.59 Å². The van der Waals surface area contributed by atoms with E-state index >= 15 is 0 Å². The van der Waals surface area contributed by atoms with Gasteiger partial charge in [-0.25, -0.2) is 23.7 Å². The van der Waals surface area contributed by atoms with E-state index in [-0.39, 0.29) is 33.7 Å². The number of halogens is 3. The lowest BCUT2D eigenvalue weighted by Gasteiger charge is -2.11. The Bertz CT molecular complexity index is 1110. The van der Waals surface area contributed by atoms with E-state index < -0.39 is 11.8 Å². The highest BCUT2D eigenvalue weighted by Gasteiger charge is 2.25. The first-order valence-corrected chi connectivity index (χ1v) is 10.3. The molecule has 0 aliphatic heterocycles. The number of carbonyl (C=O) groups is 2.